The van der Waals surface area contributed by atoms with Crippen LogP contribution in [0.5, 0.6) is 0 Å². The topological polar surface area (TPSA) is 58.6 Å². The molecule has 0 aromatic heterocycles. The number of amides is 2. The van der Waals surface area contributed by atoms with E-state index in [2.05, 4.69) is 19.2 Å². The number of carbonyl (C=O) groups is 2. The zero-order valence-electron chi connectivity index (χ0n) is 13.3. The highest BCUT2D eigenvalue weighted by molar-refractivity contribution is 5.83. The summed E-state index contributed by atoms with van der Waals surface area (Å²) in [6, 6.07) is -0.718. The summed E-state index contributed by atoms with van der Waals surface area (Å²) in [7, 11) is 1.36. The van der Waals surface area contributed by atoms with Crippen molar-refractivity contribution in [2.75, 3.05) is 20.2 Å². The van der Waals surface area contributed by atoms with Crippen LogP contribution in [0.4, 0.5) is 4.79 Å². The van der Waals surface area contributed by atoms with Gasteiger partial charge in [0.2, 0.25) is 0 Å². The number of methoxy groups -OCH3 is 1. The highest BCUT2D eigenvalue weighted by Gasteiger charge is 2.31. The number of hydrogen-bond acceptors (Lipinski definition) is 3. The summed E-state index contributed by atoms with van der Waals surface area (Å²) in [5.41, 5.74) is 0. The van der Waals surface area contributed by atoms with E-state index < -0.39 is 6.04 Å². The van der Waals surface area contributed by atoms with Gasteiger partial charge in [-0.05, 0) is 24.2 Å². The molecule has 2 amide bonds. The molecule has 0 bridgehead atoms. The van der Waals surface area contributed by atoms with Crippen LogP contribution in [0.1, 0.15) is 40.5 Å². The van der Waals surface area contributed by atoms with Gasteiger partial charge in [0.15, 0.2) is 0 Å². The van der Waals surface area contributed by atoms with Crippen LogP contribution in [0.15, 0.2) is 0 Å². The molecule has 4 atom stereocenters. The van der Waals surface area contributed by atoms with Gasteiger partial charge >= 0.3 is 12.0 Å². The summed E-state index contributed by atoms with van der Waals surface area (Å²) in [5.74, 6) is 0.700. The molecule has 20 heavy (non-hydrogen) atoms. The number of piperidine rings is 1. The largest absolute Gasteiger partial charge is 0.467 e. The SMILES string of the molecule is CC[C@@H](C)[C@H](NC(=O)N1C[C@H](C)C[C@H](C)C1)C(=O)OC. The average molecular weight is 284 g/mol. The number of esters is 1. The molecule has 0 saturated carbocycles. The summed E-state index contributed by atoms with van der Waals surface area (Å²) in [6.07, 6.45) is 1.96. The van der Waals surface area contributed by atoms with Crippen molar-refractivity contribution in [3.05, 3.63) is 0 Å². The second-order valence-corrected chi connectivity index (χ2v) is 6.19. The minimum Gasteiger partial charge on any atom is -0.467 e. The van der Waals surface area contributed by atoms with E-state index in [-0.39, 0.29) is 17.9 Å². The van der Waals surface area contributed by atoms with Crippen molar-refractivity contribution >= 4 is 12.0 Å². The van der Waals surface area contributed by atoms with Gasteiger partial charge in [0.25, 0.3) is 0 Å². The van der Waals surface area contributed by atoms with Crippen LogP contribution in [-0.2, 0) is 9.53 Å². The maximum Gasteiger partial charge on any atom is 0.328 e. The molecule has 1 aliphatic heterocycles. The lowest BCUT2D eigenvalue weighted by molar-refractivity contribution is -0.144. The first kappa shape index (κ1) is 16.8. The van der Waals surface area contributed by atoms with E-state index in [0.717, 1.165) is 25.9 Å². The number of hydrogen-bond donors (Lipinski definition) is 1. The van der Waals surface area contributed by atoms with E-state index in [1.807, 2.05) is 18.7 Å². The fourth-order valence-corrected chi connectivity index (χ4v) is 2.85. The highest BCUT2D eigenvalue weighted by atomic mass is 16.5. The zero-order valence-corrected chi connectivity index (χ0v) is 13.3. The minimum atomic E-state index is -0.565. The van der Waals surface area contributed by atoms with Gasteiger partial charge in [-0.3, -0.25) is 0 Å². The quantitative estimate of drug-likeness (QED) is 0.806. The molecule has 0 aromatic carbocycles. The van der Waals surface area contributed by atoms with E-state index in [1.165, 1.54) is 7.11 Å². The average Bonchev–Trinajstić information content (AvgIpc) is 2.41. The normalized spacial score (nSPS) is 25.8. The molecule has 5 heteroatoms. The van der Waals surface area contributed by atoms with Gasteiger partial charge in [0.05, 0.1) is 7.11 Å². The van der Waals surface area contributed by atoms with Gasteiger partial charge in [-0.15, -0.1) is 0 Å². The van der Waals surface area contributed by atoms with Crippen molar-refractivity contribution in [1.82, 2.24) is 10.2 Å². The second kappa shape index (κ2) is 7.50. The molecule has 1 N–H and O–H groups in total. The molecule has 0 radical (unpaired) electrons. The van der Waals surface area contributed by atoms with Gasteiger partial charge < -0.3 is 15.0 Å². The molecular formula is C15H28N2O3. The number of rotatable bonds is 4. The van der Waals surface area contributed by atoms with Crippen LogP contribution in [-0.4, -0.2) is 43.1 Å². The number of likely N-dealkylation sites (tertiary alicyclic amines) is 1. The Bertz CT molecular complexity index is 336. The van der Waals surface area contributed by atoms with Crippen molar-refractivity contribution in [2.24, 2.45) is 17.8 Å². The zero-order chi connectivity index (χ0) is 15.3. The molecule has 116 valence electrons. The van der Waals surface area contributed by atoms with Gasteiger partial charge in [-0.25, -0.2) is 9.59 Å². The Hall–Kier alpha value is -1.26. The van der Waals surface area contributed by atoms with Gasteiger partial charge in [0, 0.05) is 13.1 Å². The monoisotopic (exact) mass is 284 g/mol. The van der Waals surface area contributed by atoms with Gasteiger partial charge in [-0.2, -0.15) is 0 Å². The predicted molar refractivity (Wildman–Crippen MR) is 78.3 cm³/mol. The predicted octanol–water partition coefficient (Wildman–Crippen LogP) is 2.26. The van der Waals surface area contributed by atoms with Crippen molar-refractivity contribution in [2.45, 2.75) is 46.6 Å². The Morgan fingerprint density at radius 2 is 1.85 bits per heavy atom. The summed E-state index contributed by atoms with van der Waals surface area (Å²) >= 11 is 0. The lowest BCUT2D eigenvalue weighted by Gasteiger charge is -2.36. The molecule has 1 saturated heterocycles. The molecule has 0 aliphatic carbocycles. The summed E-state index contributed by atoms with van der Waals surface area (Å²) in [4.78, 5) is 26.0. The van der Waals surface area contributed by atoms with Crippen LogP contribution in [0.3, 0.4) is 0 Å². The number of nitrogens with one attached hydrogen (secondary N) is 1. The number of ether oxygens (including phenoxy) is 1. The Morgan fingerprint density at radius 3 is 2.30 bits per heavy atom. The first-order valence-electron chi connectivity index (χ1n) is 7.52. The number of nitrogens with zero attached hydrogens (tertiary/aromatic N) is 1. The number of urea groups is 1. The van der Waals surface area contributed by atoms with Crippen LogP contribution < -0.4 is 5.32 Å². The fourth-order valence-electron chi connectivity index (χ4n) is 2.85. The Morgan fingerprint density at radius 1 is 1.30 bits per heavy atom. The Labute approximate surface area is 122 Å². The van der Waals surface area contributed by atoms with E-state index >= 15 is 0 Å². The maximum atomic E-state index is 12.3. The molecule has 1 heterocycles. The van der Waals surface area contributed by atoms with Gasteiger partial charge in [0.1, 0.15) is 6.04 Å². The number of carbonyl (C=O) groups excluding carboxylic acids is 2. The second-order valence-electron chi connectivity index (χ2n) is 6.19. The van der Waals surface area contributed by atoms with Crippen LogP contribution >= 0.6 is 0 Å². The molecule has 1 fully saturated rings. The van der Waals surface area contributed by atoms with E-state index in [0.29, 0.717) is 11.8 Å². The Kier molecular flexibility index (Phi) is 6.30. The lowest BCUT2D eigenvalue weighted by atomic mass is 9.92. The molecule has 0 unspecified atom stereocenters. The van der Waals surface area contributed by atoms with E-state index in [9.17, 15) is 9.59 Å². The first-order valence-corrected chi connectivity index (χ1v) is 7.52. The summed E-state index contributed by atoms with van der Waals surface area (Å²) in [5, 5.41) is 2.84. The maximum absolute atomic E-state index is 12.3. The minimum absolute atomic E-state index is 0.0611. The van der Waals surface area contributed by atoms with E-state index in [4.69, 9.17) is 4.74 Å². The summed E-state index contributed by atoms with van der Waals surface area (Å²) < 4.78 is 4.79. The van der Waals surface area contributed by atoms with Crippen LogP contribution in [0.2, 0.25) is 0 Å². The third kappa shape index (κ3) is 4.39. The van der Waals surface area contributed by atoms with Crippen molar-refractivity contribution in [3.8, 4) is 0 Å². The highest BCUT2D eigenvalue weighted by Crippen LogP contribution is 2.21. The van der Waals surface area contributed by atoms with Crippen LogP contribution in [0.25, 0.3) is 0 Å². The molecular weight excluding hydrogens is 256 g/mol. The molecule has 5 nitrogen and oxygen atoms in total. The molecule has 0 spiro atoms. The summed E-state index contributed by atoms with van der Waals surface area (Å²) in [6.45, 7) is 9.76. The fraction of sp³-hybridized carbons (Fsp3) is 0.867. The standard InChI is InChI=1S/C15H28N2O3/c1-6-12(4)13(14(18)20-5)16-15(19)17-8-10(2)7-11(3)9-17/h10-13H,6-9H2,1-5H3,(H,16,19)/t10-,11+,12-,13+/m1/s1. The van der Waals surface area contributed by atoms with Crippen molar-refractivity contribution in [1.29, 1.82) is 0 Å². The smallest absolute Gasteiger partial charge is 0.328 e. The van der Waals surface area contributed by atoms with Crippen molar-refractivity contribution < 1.29 is 14.3 Å². The van der Waals surface area contributed by atoms with Gasteiger partial charge in [-0.1, -0.05) is 34.1 Å². The molecule has 1 aliphatic rings. The molecule has 0 aromatic rings. The van der Waals surface area contributed by atoms with Crippen LogP contribution in [0, 0.1) is 17.8 Å². The third-order valence-corrected chi connectivity index (χ3v) is 4.10. The lowest BCUT2D eigenvalue weighted by Crippen LogP contribution is -2.53. The first-order chi connectivity index (χ1) is 9.38. The Balaban J connectivity index is 2.67. The van der Waals surface area contributed by atoms with Crippen molar-refractivity contribution in [3.63, 3.8) is 0 Å². The third-order valence-electron chi connectivity index (χ3n) is 4.10. The van der Waals surface area contributed by atoms with E-state index in [1.54, 1.807) is 0 Å². The molecule has 1 rings (SSSR count).